The molecule has 5 nitrogen and oxygen atoms in total. The Bertz CT molecular complexity index is 824. The van der Waals surface area contributed by atoms with Crippen LogP contribution in [0.5, 0.6) is 5.75 Å². The topological polar surface area (TPSA) is 57.0 Å². The Hall–Kier alpha value is -2.21. The maximum absolute atomic E-state index is 12.6. The van der Waals surface area contributed by atoms with Crippen LogP contribution in [-0.2, 0) is 6.42 Å². The molecule has 0 N–H and O–H groups in total. The lowest BCUT2D eigenvalue weighted by atomic mass is 10.2. The van der Waals surface area contributed by atoms with Gasteiger partial charge in [0, 0.05) is 24.2 Å². The molecule has 4 heterocycles. The van der Waals surface area contributed by atoms with Crippen molar-refractivity contribution < 1.29 is 4.74 Å². The maximum atomic E-state index is 12.6. The fourth-order valence-corrected chi connectivity index (χ4v) is 3.04. The van der Waals surface area contributed by atoms with Crippen molar-refractivity contribution in [3.63, 3.8) is 0 Å². The van der Waals surface area contributed by atoms with Gasteiger partial charge in [-0.05, 0) is 12.1 Å². The summed E-state index contributed by atoms with van der Waals surface area (Å²) < 4.78 is 7.20. The van der Waals surface area contributed by atoms with Gasteiger partial charge in [-0.15, -0.1) is 11.3 Å². The summed E-state index contributed by atoms with van der Waals surface area (Å²) in [6.07, 6.45) is 4.03. The van der Waals surface area contributed by atoms with E-state index in [1.54, 1.807) is 17.0 Å². The Labute approximate surface area is 112 Å². The van der Waals surface area contributed by atoms with Gasteiger partial charge in [-0.3, -0.25) is 9.78 Å². The first-order valence-corrected chi connectivity index (χ1v) is 6.79. The molecule has 0 saturated carbocycles. The van der Waals surface area contributed by atoms with Crippen molar-refractivity contribution in [2.45, 2.75) is 6.42 Å². The van der Waals surface area contributed by atoms with Gasteiger partial charge in [0.05, 0.1) is 17.7 Å². The molecule has 0 amide bonds. The van der Waals surface area contributed by atoms with Gasteiger partial charge < -0.3 is 4.74 Å². The van der Waals surface area contributed by atoms with E-state index in [4.69, 9.17) is 4.74 Å². The van der Waals surface area contributed by atoms with Crippen molar-refractivity contribution in [2.24, 2.45) is 0 Å². The van der Waals surface area contributed by atoms with Crippen LogP contribution in [0.15, 0.2) is 34.7 Å². The molecule has 3 aromatic rings. The molecule has 1 aliphatic rings. The third kappa shape index (κ3) is 1.43. The van der Waals surface area contributed by atoms with E-state index < -0.39 is 0 Å². The van der Waals surface area contributed by atoms with Crippen LogP contribution in [0, 0.1) is 0 Å². The highest BCUT2D eigenvalue weighted by molar-refractivity contribution is 7.12. The van der Waals surface area contributed by atoms with Gasteiger partial charge in [0.1, 0.15) is 5.52 Å². The summed E-state index contributed by atoms with van der Waals surface area (Å²) in [7, 11) is 0. The third-order valence-electron chi connectivity index (χ3n) is 3.19. The molecule has 0 unspecified atom stereocenters. The van der Waals surface area contributed by atoms with Crippen molar-refractivity contribution in [3.8, 4) is 10.9 Å². The molecule has 0 fully saturated rings. The largest absolute Gasteiger partial charge is 0.490 e. The molecular weight excluding hydrogens is 262 g/mol. The lowest BCUT2D eigenvalue weighted by Crippen LogP contribution is -2.22. The van der Waals surface area contributed by atoms with E-state index in [9.17, 15) is 4.79 Å². The van der Waals surface area contributed by atoms with Crippen molar-refractivity contribution in [3.05, 3.63) is 45.8 Å². The average Bonchev–Trinajstić information content (AvgIpc) is 3.10. The number of thiazole rings is 1. The highest BCUT2D eigenvalue weighted by Crippen LogP contribution is 2.31. The van der Waals surface area contributed by atoms with Crippen LogP contribution >= 0.6 is 11.3 Å². The molecule has 19 heavy (non-hydrogen) atoms. The zero-order chi connectivity index (χ0) is 12.8. The number of ether oxygens (including phenoxy) is 1. The molecule has 1 aliphatic heterocycles. The summed E-state index contributed by atoms with van der Waals surface area (Å²) in [4.78, 5) is 21.2. The molecule has 4 rings (SSSR count). The van der Waals surface area contributed by atoms with E-state index >= 15 is 0 Å². The molecule has 0 saturated heterocycles. The standard InChI is InChI=1S/C13H9N3O2S/c17-12-8-3-6-18-11(8)10-9(2-1-4-14-10)16(12)13-15-5-7-19-13/h1-2,4-5,7H,3,6H2. The molecule has 0 aromatic carbocycles. The minimum Gasteiger partial charge on any atom is -0.490 e. The highest BCUT2D eigenvalue weighted by Gasteiger charge is 2.24. The van der Waals surface area contributed by atoms with Gasteiger partial charge in [-0.2, -0.15) is 0 Å². The number of rotatable bonds is 1. The average molecular weight is 271 g/mol. The van der Waals surface area contributed by atoms with E-state index in [0.717, 1.165) is 11.0 Å². The van der Waals surface area contributed by atoms with Gasteiger partial charge in [-0.25, -0.2) is 9.55 Å². The predicted octanol–water partition coefficient (Wildman–Crippen LogP) is 1.78. The molecule has 94 valence electrons. The third-order valence-corrected chi connectivity index (χ3v) is 3.94. The summed E-state index contributed by atoms with van der Waals surface area (Å²) in [6.45, 7) is 0.540. The van der Waals surface area contributed by atoms with Crippen LogP contribution in [0.3, 0.4) is 0 Å². The van der Waals surface area contributed by atoms with Crippen molar-refractivity contribution >= 4 is 22.4 Å². The van der Waals surface area contributed by atoms with Gasteiger partial charge in [0.2, 0.25) is 0 Å². The van der Waals surface area contributed by atoms with Crippen molar-refractivity contribution in [2.75, 3.05) is 6.61 Å². The lowest BCUT2D eigenvalue weighted by Gasteiger charge is -2.09. The SMILES string of the molecule is O=c1c2c(c3ncccc3n1-c1nccs1)OCC2. The fraction of sp³-hybridized carbons (Fsp3) is 0.154. The van der Waals surface area contributed by atoms with Crippen LogP contribution in [0.25, 0.3) is 16.2 Å². The summed E-state index contributed by atoms with van der Waals surface area (Å²) in [5.41, 5.74) is 2.11. The van der Waals surface area contributed by atoms with E-state index in [1.807, 2.05) is 17.5 Å². The summed E-state index contributed by atoms with van der Waals surface area (Å²) in [5.74, 6) is 0.633. The smallest absolute Gasteiger partial charge is 0.264 e. The first-order chi connectivity index (χ1) is 9.36. The zero-order valence-electron chi connectivity index (χ0n) is 9.87. The Morgan fingerprint density at radius 2 is 2.26 bits per heavy atom. The van der Waals surface area contributed by atoms with Crippen LogP contribution in [0.4, 0.5) is 0 Å². The molecule has 0 bridgehead atoms. The summed E-state index contributed by atoms with van der Waals surface area (Å²) in [6, 6.07) is 3.68. The lowest BCUT2D eigenvalue weighted by molar-refractivity contribution is 0.359. The van der Waals surface area contributed by atoms with Gasteiger partial charge in [0.15, 0.2) is 10.9 Å². The Balaban J connectivity index is 2.22. The first-order valence-electron chi connectivity index (χ1n) is 5.91. The Morgan fingerprint density at radius 1 is 1.32 bits per heavy atom. The predicted molar refractivity (Wildman–Crippen MR) is 72.2 cm³/mol. The monoisotopic (exact) mass is 271 g/mol. The summed E-state index contributed by atoms with van der Waals surface area (Å²) >= 11 is 1.43. The van der Waals surface area contributed by atoms with Crippen molar-refractivity contribution in [1.29, 1.82) is 0 Å². The second kappa shape index (κ2) is 3.89. The van der Waals surface area contributed by atoms with E-state index in [-0.39, 0.29) is 5.56 Å². The molecule has 0 spiro atoms. The van der Waals surface area contributed by atoms with E-state index in [1.165, 1.54) is 11.3 Å². The number of fused-ring (bicyclic) bond motifs is 3. The molecule has 6 heteroatoms. The van der Waals surface area contributed by atoms with Crippen molar-refractivity contribution in [1.82, 2.24) is 14.5 Å². The molecule has 3 aromatic heterocycles. The number of hydrogen-bond acceptors (Lipinski definition) is 5. The first kappa shape index (κ1) is 10.7. The minimum atomic E-state index is -0.0528. The minimum absolute atomic E-state index is 0.0528. The van der Waals surface area contributed by atoms with Crippen LogP contribution in [0.2, 0.25) is 0 Å². The number of aromatic nitrogens is 3. The highest BCUT2D eigenvalue weighted by atomic mass is 32.1. The van der Waals surface area contributed by atoms with E-state index in [2.05, 4.69) is 9.97 Å². The summed E-state index contributed by atoms with van der Waals surface area (Å²) in [5, 5.41) is 2.52. The quantitative estimate of drug-likeness (QED) is 0.677. The van der Waals surface area contributed by atoms with E-state index in [0.29, 0.717) is 29.5 Å². The van der Waals surface area contributed by atoms with Gasteiger partial charge in [-0.1, -0.05) is 0 Å². The zero-order valence-corrected chi connectivity index (χ0v) is 10.7. The molecular formula is C13H9N3O2S. The number of nitrogens with zero attached hydrogens (tertiary/aromatic N) is 3. The number of pyridine rings is 2. The maximum Gasteiger partial charge on any atom is 0.264 e. The van der Waals surface area contributed by atoms with Crippen LogP contribution in [-0.4, -0.2) is 21.1 Å². The molecule has 0 aliphatic carbocycles. The molecule has 0 atom stereocenters. The van der Waals surface area contributed by atoms with Crippen LogP contribution < -0.4 is 10.3 Å². The normalized spacial score (nSPS) is 13.5. The number of hydrogen-bond donors (Lipinski definition) is 0. The second-order valence-electron chi connectivity index (χ2n) is 4.23. The van der Waals surface area contributed by atoms with Crippen LogP contribution in [0.1, 0.15) is 5.56 Å². The van der Waals surface area contributed by atoms with Gasteiger partial charge in [0.25, 0.3) is 5.56 Å². The Morgan fingerprint density at radius 3 is 3.11 bits per heavy atom. The van der Waals surface area contributed by atoms with Gasteiger partial charge >= 0.3 is 0 Å². The Kier molecular flexibility index (Phi) is 2.19. The second-order valence-corrected chi connectivity index (χ2v) is 5.11. The molecule has 0 radical (unpaired) electrons. The fourth-order valence-electron chi connectivity index (χ4n) is 2.38.